The van der Waals surface area contributed by atoms with Crippen molar-refractivity contribution in [3.63, 3.8) is 0 Å². The first kappa shape index (κ1) is 17.2. The molecule has 0 aromatic carbocycles. The summed E-state index contributed by atoms with van der Waals surface area (Å²) in [4.78, 5) is 4.38. The van der Waals surface area contributed by atoms with Gasteiger partial charge in [0, 0.05) is 26.2 Å². The molecule has 6 nitrogen and oxygen atoms in total. The number of guanidine groups is 1. The Bertz CT molecular complexity index is 339. The lowest BCUT2D eigenvalue weighted by molar-refractivity contribution is 0.581. The minimum absolute atomic E-state index is 0.106. The lowest BCUT2D eigenvalue weighted by Gasteiger charge is -2.12. The van der Waals surface area contributed by atoms with Gasteiger partial charge in [0.2, 0.25) is 10.0 Å². The number of nitrogens with one attached hydrogen (secondary N) is 3. The third kappa shape index (κ3) is 9.23. The van der Waals surface area contributed by atoms with Crippen molar-refractivity contribution in [2.45, 2.75) is 27.7 Å². The first-order chi connectivity index (χ1) is 8.41. The van der Waals surface area contributed by atoms with Crippen molar-refractivity contribution in [3.05, 3.63) is 0 Å². The van der Waals surface area contributed by atoms with Crippen molar-refractivity contribution >= 4 is 16.0 Å². The van der Waals surface area contributed by atoms with Crippen LogP contribution in [-0.2, 0) is 10.0 Å². The van der Waals surface area contributed by atoms with Crippen LogP contribution in [0.15, 0.2) is 4.99 Å². The maximum absolute atomic E-state index is 11.2. The highest BCUT2D eigenvalue weighted by atomic mass is 32.2. The van der Waals surface area contributed by atoms with Crippen LogP contribution in [0, 0.1) is 5.92 Å². The molecule has 0 aliphatic carbocycles. The molecule has 7 heteroatoms. The second kappa shape index (κ2) is 9.16. The van der Waals surface area contributed by atoms with E-state index in [-0.39, 0.29) is 5.75 Å². The van der Waals surface area contributed by atoms with Gasteiger partial charge < -0.3 is 10.6 Å². The molecule has 0 saturated carbocycles. The molecule has 0 heterocycles. The Hall–Kier alpha value is -0.820. The zero-order chi connectivity index (χ0) is 14.0. The first-order valence-corrected chi connectivity index (χ1v) is 8.06. The molecule has 0 amide bonds. The topological polar surface area (TPSA) is 82.6 Å². The van der Waals surface area contributed by atoms with E-state index in [0.29, 0.717) is 19.0 Å². The molecule has 0 bridgehead atoms. The first-order valence-electron chi connectivity index (χ1n) is 6.40. The van der Waals surface area contributed by atoms with E-state index in [1.807, 2.05) is 6.92 Å². The van der Waals surface area contributed by atoms with Gasteiger partial charge >= 0.3 is 0 Å². The van der Waals surface area contributed by atoms with Crippen LogP contribution in [0.3, 0.4) is 0 Å². The van der Waals surface area contributed by atoms with E-state index >= 15 is 0 Å². The molecular weight excluding hydrogens is 252 g/mol. The van der Waals surface area contributed by atoms with Crippen LogP contribution in [0.25, 0.3) is 0 Å². The van der Waals surface area contributed by atoms with Gasteiger partial charge in [0.25, 0.3) is 0 Å². The maximum Gasteiger partial charge on any atom is 0.211 e. The highest BCUT2D eigenvalue weighted by Crippen LogP contribution is 1.91. The second-order valence-corrected chi connectivity index (χ2v) is 6.43. The molecule has 3 N–H and O–H groups in total. The summed E-state index contributed by atoms with van der Waals surface area (Å²) in [6, 6.07) is 0. The minimum atomic E-state index is -3.11. The molecule has 18 heavy (non-hydrogen) atoms. The van der Waals surface area contributed by atoms with E-state index in [1.54, 1.807) is 6.92 Å². The van der Waals surface area contributed by atoms with Crippen LogP contribution in [0.2, 0.25) is 0 Å². The highest BCUT2D eigenvalue weighted by Gasteiger charge is 2.04. The summed E-state index contributed by atoms with van der Waals surface area (Å²) >= 11 is 0. The van der Waals surface area contributed by atoms with E-state index in [2.05, 4.69) is 34.2 Å². The van der Waals surface area contributed by atoms with E-state index in [4.69, 9.17) is 0 Å². The summed E-state index contributed by atoms with van der Waals surface area (Å²) in [6.45, 7) is 10.2. The summed E-state index contributed by atoms with van der Waals surface area (Å²) in [5.41, 5.74) is 0. The normalized spacial score (nSPS) is 12.8. The monoisotopic (exact) mass is 278 g/mol. The molecule has 108 valence electrons. The van der Waals surface area contributed by atoms with Crippen LogP contribution in [0.5, 0.6) is 0 Å². The summed E-state index contributed by atoms with van der Waals surface area (Å²) in [5.74, 6) is 1.33. The Labute approximate surface area is 111 Å². The molecule has 0 aromatic rings. The average Bonchev–Trinajstić information content (AvgIpc) is 2.31. The van der Waals surface area contributed by atoms with Crippen LogP contribution >= 0.6 is 0 Å². The standard InChI is InChI=1S/C11H26N4O2S/c1-5-12-11(14-9-10(3)4)13-7-8-15-18(16,17)6-2/h10,15H,5-9H2,1-4H3,(H2,12,13,14). The molecule has 0 radical (unpaired) electrons. The molecular formula is C11H26N4O2S. The van der Waals surface area contributed by atoms with Crippen LogP contribution in [0.1, 0.15) is 27.7 Å². The van der Waals surface area contributed by atoms with Gasteiger partial charge in [-0.2, -0.15) is 0 Å². The van der Waals surface area contributed by atoms with Crippen LogP contribution < -0.4 is 15.4 Å². The lowest BCUT2D eigenvalue weighted by atomic mass is 10.2. The average molecular weight is 278 g/mol. The van der Waals surface area contributed by atoms with Gasteiger partial charge in [-0.1, -0.05) is 13.8 Å². The minimum Gasteiger partial charge on any atom is -0.357 e. The van der Waals surface area contributed by atoms with Gasteiger partial charge in [0.1, 0.15) is 0 Å². The van der Waals surface area contributed by atoms with E-state index in [1.165, 1.54) is 0 Å². The molecule has 0 spiro atoms. The van der Waals surface area contributed by atoms with Gasteiger partial charge in [-0.3, -0.25) is 4.99 Å². The van der Waals surface area contributed by atoms with Gasteiger partial charge in [-0.25, -0.2) is 13.1 Å². The number of rotatable bonds is 8. The Morgan fingerprint density at radius 2 is 1.83 bits per heavy atom. The maximum atomic E-state index is 11.2. The molecule has 0 unspecified atom stereocenters. The van der Waals surface area contributed by atoms with E-state index in [9.17, 15) is 8.42 Å². The molecule has 0 aromatic heterocycles. The number of nitrogens with zero attached hydrogens (tertiary/aromatic N) is 1. The van der Waals surface area contributed by atoms with Gasteiger partial charge in [0.05, 0.1) is 5.75 Å². The molecule has 0 fully saturated rings. The fourth-order valence-corrected chi connectivity index (χ4v) is 1.72. The number of sulfonamides is 1. The summed E-state index contributed by atoms with van der Waals surface area (Å²) in [6.07, 6.45) is 0. The number of hydrogen-bond donors (Lipinski definition) is 3. The zero-order valence-electron chi connectivity index (χ0n) is 11.8. The molecule has 0 aliphatic heterocycles. The summed E-state index contributed by atoms with van der Waals surface area (Å²) < 4.78 is 24.9. The summed E-state index contributed by atoms with van der Waals surface area (Å²) in [5, 5.41) is 6.20. The molecule has 0 rings (SSSR count). The number of hydrogen-bond acceptors (Lipinski definition) is 3. The molecule has 0 atom stereocenters. The lowest BCUT2D eigenvalue weighted by Crippen LogP contribution is -2.41. The Morgan fingerprint density at radius 3 is 2.33 bits per heavy atom. The van der Waals surface area contributed by atoms with E-state index in [0.717, 1.165) is 19.0 Å². The van der Waals surface area contributed by atoms with Crippen molar-refractivity contribution in [1.29, 1.82) is 0 Å². The predicted molar refractivity (Wildman–Crippen MR) is 76.3 cm³/mol. The Kier molecular flexibility index (Phi) is 8.74. The van der Waals surface area contributed by atoms with Gasteiger partial charge in [-0.05, 0) is 19.8 Å². The SMILES string of the molecule is CCNC(=NCC(C)C)NCCNS(=O)(=O)CC. The van der Waals surface area contributed by atoms with Crippen LogP contribution in [0.4, 0.5) is 0 Å². The fraction of sp³-hybridized carbons (Fsp3) is 0.909. The van der Waals surface area contributed by atoms with Crippen molar-refractivity contribution in [3.8, 4) is 0 Å². The fourth-order valence-electron chi connectivity index (χ4n) is 1.11. The number of aliphatic imine (C=N–C) groups is 1. The molecule has 0 aliphatic rings. The molecule has 0 saturated heterocycles. The third-order valence-corrected chi connectivity index (χ3v) is 3.48. The van der Waals surface area contributed by atoms with Crippen molar-refractivity contribution in [1.82, 2.24) is 15.4 Å². The Morgan fingerprint density at radius 1 is 1.17 bits per heavy atom. The highest BCUT2D eigenvalue weighted by molar-refractivity contribution is 7.89. The van der Waals surface area contributed by atoms with E-state index < -0.39 is 10.0 Å². The Balaban J connectivity index is 4.01. The largest absolute Gasteiger partial charge is 0.357 e. The van der Waals surface area contributed by atoms with Crippen LogP contribution in [-0.4, -0.2) is 46.3 Å². The predicted octanol–water partition coefficient (Wildman–Crippen LogP) is 0.137. The summed E-state index contributed by atoms with van der Waals surface area (Å²) in [7, 11) is -3.11. The van der Waals surface area contributed by atoms with Gasteiger partial charge in [-0.15, -0.1) is 0 Å². The van der Waals surface area contributed by atoms with Gasteiger partial charge in [0.15, 0.2) is 5.96 Å². The second-order valence-electron chi connectivity index (χ2n) is 4.34. The smallest absolute Gasteiger partial charge is 0.211 e. The quantitative estimate of drug-likeness (QED) is 0.335. The zero-order valence-corrected chi connectivity index (χ0v) is 12.6. The third-order valence-electron chi connectivity index (χ3n) is 2.08. The van der Waals surface area contributed by atoms with Crippen molar-refractivity contribution in [2.24, 2.45) is 10.9 Å². The van der Waals surface area contributed by atoms with Crippen molar-refractivity contribution in [2.75, 3.05) is 31.9 Å². The van der Waals surface area contributed by atoms with Crippen molar-refractivity contribution < 1.29 is 8.42 Å².